The second-order valence-electron chi connectivity index (χ2n) is 4.78. The van der Waals surface area contributed by atoms with E-state index in [1.165, 1.54) is 6.42 Å². The molecule has 0 heterocycles. The Balaban J connectivity index is 1.83. The highest BCUT2D eigenvalue weighted by Gasteiger charge is 2.19. The van der Waals surface area contributed by atoms with Crippen LogP contribution in [-0.2, 0) is 16.1 Å². The summed E-state index contributed by atoms with van der Waals surface area (Å²) in [5.74, 6) is -0.00401. The SMILES string of the molecule is O=C(OCc1ccccc1)C1C/C=C\CCCC1. The van der Waals surface area contributed by atoms with Crippen molar-refractivity contribution in [3.8, 4) is 0 Å². The van der Waals surface area contributed by atoms with E-state index in [4.69, 9.17) is 4.74 Å². The maximum absolute atomic E-state index is 12.0. The summed E-state index contributed by atoms with van der Waals surface area (Å²) in [6.45, 7) is 0.389. The molecule has 2 heteroatoms. The molecule has 1 aromatic carbocycles. The number of hydrogen-bond donors (Lipinski definition) is 0. The Bertz CT molecular complexity index is 395. The predicted octanol–water partition coefficient (Wildman–Crippen LogP) is 3.87. The van der Waals surface area contributed by atoms with Gasteiger partial charge in [0.25, 0.3) is 0 Å². The number of rotatable bonds is 3. The van der Waals surface area contributed by atoms with E-state index in [-0.39, 0.29) is 11.9 Å². The van der Waals surface area contributed by atoms with Crippen LogP contribution in [0.4, 0.5) is 0 Å². The standard InChI is InChI=1S/C16H20O2/c17-16(15-11-7-2-1-3-8-12-15)18-13-14-9-5-4-6-10-14/h2,4-7,9-10,15H,1,3,8,11-13H2/b7-2-. The molecule has 1 unspecified atom stereocenters. The number of allylic oxidation sites excluding steroid dienone is 2. The van der Waals surface area contributed by atoms with Crippen LogP contribution in [0.25, 0.3) is 0 Å². The first kappa shape index (κ1) is 12.9. The molecule has 1 atom stereocenters. The van der Waals surface area contributed by atoms with Crippen LogP contribution in [0.5, 0.6) is 0 Å². The Labute approximate surface area is 109 Å². The molecule has 96 valence electrons. The number of carbonyl (C=O) groups is 1. The van der Waals surface area contributed by atoms with E-state index in [1.54, 1.807) is 0 Å². The molecule has 0 radical (unpaired) electrons. The summed E-state index contributed by atoms with van der Waals surface area (Å²) in [4.78, 5) is 12.0. The van der Waals surface area contributed by atoms with Gasteiger partial charge in [-0.1, -0.05) is 48.9 Å². The Morgan fingerprint density at radius 2 is 2.00 bits per heavy atom. The molecule has 0 aliphatic heterocycles. The monoisotopic (exact) mass is 244 g/mol. The number of carbonyl (C=O) groups excluding carboxylic acids is 1. The van der Waals surface area contributed by atoms with E-state index in [2.05, 4.69) is 12.2 Å². The maximum atomic E-state index is 12.0. The zero-order valence-electron chi connectivity index (χ0n) is 10.7. The molecule has 1 aliphatic carbocycles. The number of esters is 1. The van der Waals surface area contributed by atoms with Crippen molar-refractivity contribution >= 4 is 5.97 Å². The lowest BCUT2D eigenvalue weighted by Crippen LogP contribution is -2.17. The molecule has 0 saturated heterocycles. The molecular formula is C16H20O2. The topological polar surface area (TPSA) is 26.3 Å². The molecule has 0 aromatic heterocycles. The second kappa shape index (κ2) is 7.00. The second-order valence-corrected chi connectivity index (χ2v) is 4.78. The fourth-order valence-corrected chi connectivity index (χ4v) is 2.21. The van der Waals surface area contributed by atoms with Crippen molar-refractivity contribution in [3.05, 3.63) is 48.0 Å². The molecular weight excluding hydrogens is 224 g/mol. The molecule has 0 saturated carbocycles. The molecule has 0 amide bonds. The number of benzene rings is 1. The van der Waals surface area contributed by atoms with Crippen molar-refractivity contribution in [3.63, 3.8) is 0 Å². The molecule has 0 fully saturated rings. The van der Waals surface area contributed by atoms with Crippen LogP contribution in [0.15, 0.2) is 42.5 Å². The fourth-order valence-electron chi connectivity index (χ4n) is 2.21. The Morgan fingerprint density at radius 1 is 1.17 bits per heavy atom. The molecule has 0 bridgehead atoms. The van der Waals surface area contributed by atoms with Gasteiger partial charge in [0.05, 0.1) is 5.92 Å². The minimum absolute atomic E-state index is 0.0465. The summed E-state index contributed by atoms with van der Waals surface area (Å²) in [5.41, 5.74) is 1.05. The molecule has 0 spiro atoms. The summed E-state index contributed by atoms with van der Waals surface area (Å²) >= 11 is 0. The van der Waals surface area contributed by atoms with Crippen molar-refractivity contribution in [2.24, 2.45) is 5.92 Å². The lowest BCUT2D eigenvalue weighted by molar-refractivity contribution is -0.150. The Morgan fingerprint density at radius 3 is 2.83 bits per heavy atom. The van der Waals surface area contributed by atoms with Gasteiger partial charge in [0.1, 0.15) is 6.61 Å². The number of hydrogen-bond acceptors (Lipinski definition) is 2. The Hall–Kier alpha value is -1.57. The largest absolute Gasteiger partial charge is 0.461 e. The third-order valence-corrected chi connectivity index (χ3v) is 3.32. The summed E-state index contributed by atoms with van der Waals surface area (Å²) in [6, 6.07) is 9.84. The highest BCUT2D eigenvalue weighted by molar-refractivity contribution is 5.72. The maximum Gasteiger partial charge on any atom is 0.309 e. The summed E-state index contributed by atoms with van der Waals surface area (Å²) < 4.78 is 5.39. The van der Waals surface area contributed by atoms with Crippen molar-refractivity contribution < 1.29 is 9.53 Å². The van der Waals surface area contributed by atoms with Crippen LogP contribution >= 0.6 is 0 Å². The highest BCUT2D eigenvalue weighted by atomic mass is 16.5. The first-order valence-corrected chi connectivity index (χ1v) is 6.72. The van der Waals surface area contributed by atoms with Gasteiger partial charge in [-0.2, -0.15) is 0 Å². The minimum atomic E-state index is -0.0506. The average molecular weight is 244 g/mol. The Kier molecular flexibility index (Phi) is 5.00. The van der Waals surface area contributed by atoms with Crippen LogP contribution < -0.4 is 0 Å². The predicted molar refractivity (Wildman–Crippen MR) is 72.0 cm³/mol. The van der Waals surface area contributed by atoms with Crippen LogP contribution in [0.3, 0.4) is 0 Å². The van der Waals surface area contributed by atoms with E-state index in [9.17, 15) is 4.79 Å². The van der Waals surface area contributed by atoms with Crippen molar-refractivity contribution in [1.82, 2.24) is 0 Å². The van der Waals surface area contributed by atoms with E-state index in [0.29, 0.717) is 6.61 Å². The van der Waals surface area contributed by atoms with E-state index < -0.39 is 0 Å². The smallest absolute Gasteiger partial charge is 0.309 e. The summed E-state index contributed by atoms with van der Waals surface area (Å²) in [6.07, 6.45) is 9.52. The quantitative estimate of drug-likeness (QED) is 0.596. The van der Waals surface area contributed by atoms with Crippen molar-refractivity contribution in [2.75, 3.05) is 0 Å². The van der Waals surface area contributed by atoms with Crippen LogP contribution in [0.2, 0.25) is 0 Å². The summed E-state index contributed by atoms with van der Waals surface area (Å²) in [5, 5.41) is 0. The molecule has 0 N–H and O–H groups in total. The normalized spacial score (nSPS) is 21.7. The lowest BCUT2D eigenvalue weighted by Gasteiger charge is -2.15. The molecule has 18 heavy (non-hydrogen) atoms. The van der Waals surface area contributed by atoms with Gasteiger partial charge in [-0.25, -0.2) is 0 Å². The first-order valence-electron chi connectivity index (χ1n) is 6.72. The molecule has 2 nitrogen and oxygen atoms in total. The number of ether oxygens (including phenoxy) is 1. The van der Waals surface area contributed by atoms with Crippen LogP contribution in [-0.4, -0.2) is 5.97 Å². The summed E-state index contributed by atoms with van der Waals surface area (Å²) in [7, 11) is 0. The third kappa shape index (κ3) is 4.02. The third-order valence-electron chi connectivity index (χ3n) is 3.32. The van der Waals surface area contributed by atoms with Gasteiger partial charge in [0.15, 0.2) is 0 Å². The van der Waals surface area contributed by atoms with E-state index in [0.717, 1.165) is 31.2 Å². The van der Waals surface area contributed by atoms with Gasteiger partial charge >= 0.3 is 5.97 Å². The fraction of sp³-hybridized carbons (Fsp3) is 0.438. The van der Waals surface area contributed by atoms with E-state index in [1.807, 2.05) is 30.3 Å². The van der Waals surface area contributed by atoms with Crippen LogP contribution in [0, 0.1) is 5.92 Å². The van der Waals surface area contributed by atoms with Crippen molar-refractivity contribution in [1.29, 1.82) is 0 Å². The highest BCUT2D eigenvalue weighted by Crippen LogP contribution is 2.20. The molecule has 2 rings (SSSR count). The van der Waals surface area contributed by atoms with Gasteiger partial charge < -0.3 is 4.74 Å². The van der Waals surface area contributed by atoms with Gasteiger partial charge in [-0.15, -0.1) is 0 Å². The van der Waals surface area contributed by atoms with Crippen LogP contribution in [0.1, 0.15) is 37.7 Å². The van der Waals surface area contributed by atoms with Gasteiger partial charge in [0.2, 0.25) is 0 Å². The minimum Gasteiger partial charge on any atom is -0.461 e. The van der Waals surface area contributed by atoms with Gasteiger partial charge in [0, 0.05) is 0 Å². The molecule has 1 aromatic rings. The van der Waals surface area contributed by atoms with E-state index >= 15 is 0 Å². The first-order chi connectivity index (χ1) is 8.86. The zero-order valence-corrected chi connectivity index (χ0v) is 10.7. The van der Waals surface area contributed by atoms with Crippen molar-refractivity contribution in [2.45, 2.75) is 38.7 Å². The average Bonchev–Trinajstić information content (AvgIpc) is 2.37. The zero-order chi connectivity index (χ0) is 12.6. The molecule has 1 aliphatic rings. The van der Waals surface area contributed by atoms with Gasteiger partial charge in [-0.05, 0) is 31.2 Å². The lowest BCUT2D eigenvalue weighted by atomic mass is 9.95. The van der Waals surface area contributed by atoms with Gasteiger partial charge in [-0.3, -0.25) is 4.79 Å².